The van der Waals surface area contributed by atoms with E-state index in [1.54, 1.807) is 48.5 Å². The molecule has 0 aliphatic rings. The second-order valence-electron chi connectivity index (χ2n) is 7.70. The van der Waals surface area contributed by atoms with E-state index in [0.717, 1.165) is 6.07 Å². The lowest BCUT2D eigenvalue weighted by atomic mass is 9.75. The summed E-state index contributed by atoms with van der Waals surface area (Å²) in [5, 5.41) is 13.1. The minimum atomic E-state index is -4.30. The standard InChI is InChI=1S/C24H24Cl2FNO3S/c1-3-16(2)23(28-32(30,31)22-7-5-4-6-21(22)27)24(29,17-8-12-19(25)13-9-17)18-10-14-20(26)15-11-18/h4-16,23,28-29H,3H2,1-2H3. The molecule has 0 fully saturated rings. The molecule has 0 aromatic heterocycles. The van der Waals surface area contributed by atoms with Gasteiger partial charge in [0, 0.05) is 10.0 Å². The first-order valence-electron chi connectivity index (χ1n) is 10.1. The summed E-state index contributed by atoms with van der Waals surface area (Å²) in [4.78, 5) is -0.483. The summed E-state index contributed by atoms with van der Waals surface area (Å²) in [5.74, 6) is -1.20. The molecule has 0 aliphatic heterocycles. The molecule has 0 heterocycles. The van der Waals surface area contributed by atoms with Crippen molar-refractivity contribution in [3.63, 3.8) is 0 Å². The van der Waals surface area contributed by atoms with Crippen molar-refractivity contribution in [1.82, 2.24) is 4.72 Å². The van der Waals surface area contributed by atoms with E-state index in [1.807, 2.05) is 13.8 Å². The first-order chi connectivity index (χ1) is 15.1. The number of sulfonamides is 1. The van der Waals surface area contributed by atoms with Crippen molar-refractivity contribution < 1.29 is 17.9 Å². The van der Waals surface area contributed by atoms with Gasteiger partial charge < -0.3 is 5.11 Å². The van der Waals surface area contributed by atoms with Gasteiger partial charge in [-0.1, -0.05) is 79.9 Å². The van der Waals surface area contributed by atoms with Gasteiger partial charge in [0.1, 0.15) is 16.3 Å². The van der Waals surface area contributed by atoms with E-state index in [1.165, 1.54) is 18.2 Å². The Bertz CT molecular complexity index is 1120. The zero-order valence-corrected chi connectivity index (χ0v) is 19.9. The zero-order valence-electron chi connectivity index (χ0n) is 17.6. The number of nitrogens with one attached hydrogen (secondary N) is 1. The molecular weight excluding hydrogens is 472 g/mol. The van der Waals surface area contributed by atoms with Crippen LogP contribution in [-0.2, 0) is 15.6 Å². The first kappa shape index (κ1) is 24.7. The SMILES string of the molecule is CCC(C)C(NS(=O)(=O)c1ccccc1F)C(O)(c1ccc(Cl)cc1)c1ccc(Cl)cc1. The molecule has 2 atom stereocenters. The molecule has 8 heteroatoms. The molecule has 3 aromatic carbocycles. The van der Waals surface area contributed by atoms with E-state index in [0.29, 0.717) is 27.6 Å². The van der Waals surface area contributed by atoms with Gasteiger partial charge in [-0.2, -0.15) is 0 Å². The third-order valence-electron chi connectivity index (χ3n) is 5.64. The lowest BCUT2D eigenvalue weighted by Crippen LogP contribution is -2.54. The van der Waals surface area contributed by atoms with Crippen molar-refractivity contribution in [3.05, 3.63) is 99.8 Å². The third kappa shape index (κ3) is 5.00. The van der Waals surface area contributed by atoms with Crippen LogP contribution in [0.4, 0.5) is 4.39 Å². The molecule has 170 valence electrons. The molecule has 0 aliphatic carbocycles. The summed E-state index contributed by atoms with van der Waals surface area (Å²) in [6.07, 6.45) is 0.550. The molecule has 2 unspecified atom stereocenters. The van der Waals surface area contributed by atoms with Crippen molar-refractivity contribution >= 4 is 33.2 Å². The predicted octanol–water partition coefficient (Wildman–Crippen LogP) is 5.76. The Kier molecular flexibility index (Phi) is 7.63. The van der Waals surface area contributed by atoms with E-state index in [4.69, 9.17) is 23.2 Å². The summed E-state index contributed by atoms with van der Waals surface area (Å²) in [5.41, 5.74) is -0.917. The average Bonchev–Trinajstić information content (AvgIpc) is 2.77. The van der Waals surface area contributed by atoms with E-state index in [9.17, 15) is 17.9 Å². The normalized spacial score (nSPS) is 14.2. The number of benzene rings is 3. The summed E-state index contributed by atoms with van der Waals surface area (Å²) < 4.78 is 43.3. The summed E-state index contributed by atoms with van der Waals surface area (Å²) in [6, 6.07) is 17.2. The Morgan fingerprint density at radius 1 is 0.938 bits per heavy atom. The third-order valence-corrected chi connectivity index (χ3v) is 7.62. The maximum atomic E-state index is 14.3. The van der Waals surface area contributed by atoms with Crippen LogP contribution < -0.4 is 4.72 Å². The fraction of sp³-hybridized carbons (Fsp3) is 0.250. The molecule has 2 N–H and O–H groups in total. The van der Waals surface area contributed by atoms with Crippen LogP contribution in [0.3, 0.4) is 0 Å². The molecule has 0 spiro atoms. The quantitative estimate of drug-likeness (QED) is 0.417. The highest BCUT2D eigenvalue weighted by Gasteiger charge is 2.45. The van der Waals surface area contributed by atoms with E-state index >= 15 is 0 Å². The second kappa shape index (κ2) is 9.89. The Balaban J connectivity index is 2.20. The van der Waals surface area contributed by atoms with Crippen LogP contribution in [0.15, 0.2) is 77.7 Å². The molecule has 0 bridgehead atoms. The molecule has 0 saturated heterocycles. The molecule has 32 heavy (non-hydrogen) atoms. The van der Waals surface area contributed by atoms with Crippen molar-refractivity contribution in [2.45, 2.75) is 36.8 Å². The Labute approximate surface area is 198 Å². The van der Waals surface area contributed by atoms with E-state index in [2.05, 4.69) is 4.72 Å². The lowest BCUT2D eigenvalue weighted by Gasteiger charge is -2.40. The molecular formula is C24H24Cl2FNO3S. The first-order valence-corrected chi connectivity index (χ1v) is 12.3. The summed E-state index contributed by atoms with van der Waals surface area (Å²) in [6.45, 7) is 3.71. The highest BCUT2D eigenvalue weighted by atomic mass is 35.5. The number of hydrogen-bond acceptors (Lipinski definition) is 3. The van der Waals surface area contributed by atoms with Gasteiger partial charge in [0.2, 0.25) is 10.0 Å². The Morgan fingerprint density at radius 2 is 1.41 bits per heavy atom. The van der Waals surface area contributed by atoms with Crippen LogP contribution in [0.1, 0.15) is 31.4 Å². The van der Waals surface area contributed by atoms with Crippen LogP contribution in [0.2, 0.25) is 10.0 Å². The van der Waals surface area contributed by atoms with Crippen LogP contribution in [-0.4, -0.2) is 19.6 Å². The number of aliphatic hydroxyl groups is 1. The van der Waals surface area contributed by atoms with Gasteiger partial charge >= 0.3 is 0 Å². The largest absolute Gasteiger partial charge is 0.379 e. The van der Waals surface area contributed by atoms with Gasteiger partial charge in [0.25, 0.3) is 0 Å². The zero-order chi connectivity index (χ0) is 23.5. The van der Waals surface area contributed by atoms with Crippen molar-refractivity contribution in [1.29, 1.82) is 0 Å². The lowest BCUT2D eigenvalue weighted by molar-refractivity contribution is 0.0247. The van der Waals surface area contributed by atoms with Gasteiger partial charge in [0.15, 0.2) is 0 Å². The van der Waals surface area contributed by atoms with Gasteiger partial charge in [-0.15, -0.1) is 0 Å². The Hall–Kier alpha value is -1.96. The van der Waals surface area contributed by atoms with Crippen LogP contribution in [0.5, 0.6) is 0 Å². The van der Waals surface area contributed by atoms with Crippen LogP contribution in [0.25, 0.3) is 0 Å². The summed E-state index contributed by atoms with van der Waals surface area (Å²) >= 11 is 12.1. The highest BCUT2D eigenvalue weighted by Crippen LogP contribution is 2.39. The minimum absolute atomic E-state index is 0.326. The van der Waals surface area contributed by atoms with Crippen molar-refractivity contribution in [2.24, 2.45) is 5.92 Å². The van der Waals surface area contributed by atoms with E-state index < -0.39 is 32.4 Å². The van der Waals surface area contributed by atoms with E-state index in [-0.39, 0.29) is 5.92 Å². The molecule has 0 amide bonds. The van der Waals surface area contributed by atoms with Crippen molar-refractivity contribution in [2.75, 3.05) is 0 Å². The number of halogens is 3. The number of rotatable bonds is 8. The maximum absolute atomic E-state index is 14.3. The molecule has 0 radical (unpaired) electrons. The molecule has 0 saturated carbocycles. The molecule has 4 nitrogen and oxygen atoms in total. The van der Waals surface area contributed by atoms with Crippen LogP contribution in [0, 0.1) is 11.7 Å². The molecule has 3 aromatic rings. The maximum Gasteiger partial charge on any atom is 0.243 e. The predicted molar refractivity (Wildman–Crippen MR) is 126 cm³/mol. The monoisotopic (exact) mass is 495 g/mol. The topological polar surface area (TPSA) is 66.4 Å². The fourth-order valence-electron chi connectivity index (χ4n) is 3.68. The minimum Gasteiger partial charge on any atom is -0.379 e. The highest BCUT2D eigenvalue weighted by molar-refractivity contribution is 7.89. The fourth-order valence-corrected chi connectivity index (χ4v) is 5.37. The Morgan fingerprint density at radius 3 is 1.84 bits per heavy atom. The van der Waals surface area contributed by atoms with Gasteiger partial charge in [-0.25, -0.2) is 17.5 Å². The van der Waals surface area contributed by atoms with Gasteiger partial charge in [-0.05, 0) is 53.4 Å². The average molecular weight is 496 g/mol. The second-order valence-corrected chi connectivity index (χ2v) is 10.3. The summed E-state index contributed by atoms with van der Waals surface area (Å²) in [7, 11) is -4.30. The molecule has 3 rings (SSSR count). The smallest absolute Gasteiger partial charge is 0.243 e. The van der Waals surface area contributed by atoms with Gasteiger partial charge in [-0.3, -0.25) is 0 Å². The van der Waals surface area contributed by atoms with Crippen LogP contribution >= 0.6 is 23.2 Å². The number of hydrogen-bond donors (Lipinski definition) is 2. The van der Waals surface area contributed by atoms with Crippen molar-refractivity contribution in [3.8, 4) is 0 Å². The van der Waals surface area contributed by atoms with Gasteiger partial charge in [0.05, 0.1) is 6.04 Å².